The smallest absolute Gasteiger partial charge is 0.275 e. The molecule has 3 aromatic rings. The molecule has 0 aliphatic heterocycles. The quantitative estimate of drug-likeness (QED) is 0.694. The SMILES string of the molecule is COc1ccc(Cl)cc1NC(=O)c1ccnc(C(=O)Nc2cc(C)on2)c1. The minimum Gasteiger partial charge on any atom is -0.495 e. The van der Waals surface area contributed by atoms with Gasteiger partial charge in [0.1, 0.15) is 17.2 Å². The summed E-state index contributed by atoms with van der Waals surface area (Å²) in [7, 11) is 1.49. The van der Waals surface area contributed by atoms with Crippen LogP contribution in [0.1, 0.15) is 26.6 Å². The van der Waals surface area contributed by atoms with Gasteiger partial charge in [0, 0.05) is 22.8 Å². The summed E-state index contributed by atoms with van der Waals surface area (Å²) in [5.41, 5.74) is 0.714. The number of hydrogen-bond donors (Lipinski definition) is 2. The summed E-state index contributed by atoms with van der Waals surface area (Å²) in [4.78, 5) is 28.8. The van der Waals surface area contributed by atoms with Crippen LogP contribution in [0.3, 0.4) is 0 Å². The van der Waals surface area contributed by atoms with E-state index in [-0.39, 0.29) is 17.1 Å². The summed E-state index contributed by atoms with van der Waals surface area (Å²) in [6.45, 7) is 1.70. The largest absolute Gasteiger partial charge is 0.495 e. The molecule has 1 aromatic carbocycles. The van der Waals surface area contributed by atoms with Gasteiger partial charge in [-0.2, -0.15) is 0 Å². The maximum absolute atomic E-state index is 12.5. The number of methoxy groups -OCH3 is 1. The van der Waals surface area contributed by atoms with Gasteiger partial charge in [-0.1, -0.05) is 16.8 Å². The normalized spacial score (nSPS) is 10.3. The Morgan fingerprint density at radius 3 is 2.63 bits per heavy atom. The fourth-order valence-corrected chi connectivity index (χ4v) is 2.45. The monoisotopic (exact) mass is 386 g/mol. The van der Waals surface area contributed by atoms with Crippen molar-refractivity contribution in [2.24, 2.45) is 0 Å². The maximum Gasteiger partial charge on any atom is 0.275 e. The minimum atomic E-state index is -0.515. The third-order valence-electron chi connectivity index (χ3n) is 3.53. The molecule has 27 heavy (non-hydrogen) atoms. The summed E-state index contributed by atoms with van der Waals surface area (Å²) >= 11 is 5.97. The van der Waals surface area contributed by atoms with Gasteiger partial charge in [0.25, 0.3) is 11.8 Å². The third-order valence-corrected chi connectivity index (χ3v) is 3.77. The van der Waals surface area contributed by atoms with E-state index in [1.165, 1.54) is 25.4 Å². The Labute approximate surface area is 159 Å². The van der Waals surface area contributed by atoms with Crippen LogP contribution in [0.5, 0.6) is 5.75 Å². The topological polar surface area (TPSA) is 106 Å². The number of ether oxygens (including phenoxy) is 1. The van der Waals surface area contributed by atoms with Crippen molar-refractivity contribution in [2.75, 3.05) is 17.7 Å². The van der Waals surface area contributed by atoms with Gasteiger partial charge in [0.2, 0.25) is 0 Å². The van der Waals surface area contributed by atoms with E-state index in [1.54, 1.807) is 31.2 Å². The first kappa shape index (κ1) is 18.4. The van der Waals surface area contributed by atoms with Crippen LogP contribution in [0.2, 0.25) is 5.02 Å². The van der Waals surface area contributed by atoms with Crippen LogP contribution in [0.25, 0.3) is 0 Å². The number of amides is 2. The number of anilines is 2. The Kier molecular flexibility index (Phi) is 5.37. The molecule has 8 nitrogen and oxygen atoms in total. The lowest BCUT2D eigenvalue weighted by Crippen LogP contribution is -2.17. The van der Waals surface area contributed by atoms with Crippen LogP contribution in [0.15, 0.2) is 47.1 Å². The summed E-state index contributed by atoms with van der Waals surface area (Å²) in [5.74, 6) is 0.323. The zero-order valence-electron chi connectivity index (χ0n) is 14.4. The van der Waals surface area contributed by atoms with Crippen molar-refractivity contribution in [3.05, 3.63) is 64.6 Å². The van der Waals surface area contributed by atoms with Crippen LogP contribution < -0.4 is 15.4 Å². The molecule has 0 saturated carbocycles. The highest BCUT2D eigenvalue weighted by atomic mass is 35.5. The van der Waals surface area contributed by atoms with E-state index in [0.29, 0.717) is 22.2 Å². The molecule has 2 aromatic heterocycles. The average molecular weight is 387 g/mol. The molecular formula is C18H15ClN4O4. The summed E-state index contributed by atoms with van der Waals surface area (Å²) in [5, 5.41) is 9.38. The second-order valence-electron chi connectivity index (χ2n) is 5.51. The van der Waals surface area contributed by atoms with Crippen LogP contribution in [-0.4, -0.2) is 29.1 Å². The number of rotatable bonds is 5. The Morgan fingerprint density at radius 2 is 1.93 bits per heavy atom. The van der Waals surface area contributed by atoms with Crippen LogP contribution in [0, 0.1) is 6.92 Å². The standard InChI is InChI=1S/C18H15ClN4O4/c1-10-7-16(23-27-10)22-18(25)14-8-11(5-6-20-14)17(24)21-13-9-12(19)3-4-15(13)26-2/h3-9H,1-2H3,(H,21,24)(H,22,23,25). The Hall–Kier alpha value is -3.39. The highest BCUT2D eigenvalue weighted by Crippen LogP contribution is 2.28. The average Bonchev–Trinajstić information content (AvgIpc) is 3.06. The Morgan fingerprint density at radius 1 is 1.11 bits per heavy atom. The molecule has 138 valence electrons. The first-order valence-electron chi connectivity index (χ1n) is 7.82. The highest BCUT2D eigenvalue weighted by molar-refractivity contribution is 6.31. The van der Waals surface area contributed by atoms with Crippen LogP contribution in [-0.2, 0) is 0 Å². The summed E-state index contributed by atoms with van der Waals surface area (Å²) in [6, 6.07) is 9.29. The fraction of sp³-hybridized carbons (Fsp3) is 0.111. The predicted octanol–water partition coefficient (Wildman–Crippen LogP) is 3.54. The Bertz CT molecular complexity index is 1000. The lowest BCUT2D eigenvalue weighted by Gasteiger charge is -2.11. The minimum absolute atomic E-state index is 0.0568. The lowest BCUT2D eigenvalue weighted by molar-refractivity contribution is 0.102. The van der Waals surface area contributed by atoms with Gasteiger partial charge in [-0.25, -0.2) is 0 Å². The van der Waals surface area contributed by atoms with Gasteiger partial charge in [0.15, 0.2) is 5.82 Å². The van der Waals surface area contributed by atoms with E-state index in [0.717, 1.165) is 0 Å². The van der Waals surface area contributed by atoms with Crippen molar-refractivity contribution in [3.8, 4) is 5.75 Å². The van der Waals surface area contributed by atoms with E-state index in [9.17, 15) is 9.59 Å². The molecule has 2 amide bonds. The van der Waals surface area contributed by atoms with E-state index in [2.05, 4.69) is 20.8 Å². The molecule has 0 radical (unpaired) electrons. The van der Waals surface area contributed by atoms with Crippen molar-refractivity contribution in [3.63, 3.8) is 0 Å². The van der Waals surface area contributed by atoms with Crippen molar-refractivity contribution in [1.29, 1.82) is 0 Å². The number of hydrogen-bond acceptors (Lipinski definition) is 6. The van der Waals surface area contributed by atoms with E-state index >= 15 is 0 Å². The molecular weight excluding hydrogens is 372 g/mol. The number of aryl methyl sites for hydroxylation is 1. The molecule has 0 spiro atoms. The fourth-order valence-electron chi connectivity index (χ4n) is 2.27. The molecule has 9 heteroatoms. The number of aromatic nitrogens is 2. The molecule has 0 saturated heterocycles. The predicted molar refractivity (Wildman–Crippen MR) is 99.4 cm³/mol. The molecule has 0 bridgehead atoms. The zero-order valence-corrected chi connectivity index (χ0v) is 15.2. The number of carbonyl (C=O) groups excluding carboxylic acids is 2. The van der Waals surface area contributed by atoms with Gasteiger partial charge in [-0.15, -0.1) is 0 Å². The number of benzene rings is 1. The second kappa shape index (κ2) is 7.88. The zero-order chi connectivity index (χ0) is 19.4. The van der Waals surface area contributed by atoms with Crippen molar-refractivity contribution in [2.45, 2.75) is 6.92 Å². The highest BCUT2D eigenvalue weighted by Gasteiger charge is 2.15. The molecule has 0 atom stereocenters. The number of nitrogens with zero attached hydrogens (tertiary/aromatic N) is 2. The number of nitrogens with one attached hydrogen (secondary N) is 2. The third kappa shape index (κ3) is 4.42. The van der Waals surface area contributed by atoms with Crippen molar-refractivity contribution in [1.82, 2.24) is 10.1 Å². The van der Waals surface area contributed by atoms with E-state index < -0.39 is 11.8 Å². The van der Waals surface area contributed by atoms with Gasteiger partial charge < -0.3 is 19.9 Å². The number of halogens is 1. The van der Waals surface area contributed by atoms with Gasteiger partial charge in [0.05, 0.1) is 12.8 Å². The molecule has 3 rings (SSSR count). The maximum atomic E-state index is 12.5. The first-order chi connectivity index (χ1) is 13.0. The first-order valence-corrected chi connectivity index (χ1v) is 8.19. The Balaban J connectivity index is 1.77. The summed E-state index contributed by atoms with van der Waals surface area (Å²) < 4.78 is 10.1. The molecule has 2 heterocycles. The second-order valence-corrected chi connectivity index (χ2v) is 5.94. The van der Waals surface area contributed by atoms with E-state index in [1.807, 2.05) is 0 Å². The van der Waals surface area contributed by atoms with E-state index in [4.69, 9.17) is 20.9 Å². The van der Waals surface area contributed by atoms with Crippen LogP contribution >= 0.6 is 11.6 Å². The molecule has 0 fully saturated rings. The number of pyridine rings is 1. The van der Waals surface area contributed by atoms with Crippen LogP contribution in [0.4, 0.5) is 11.5 Å². The van der Waals surface area contributed by atoms with Gasteiger partial charge in [-0.3, -0.25) is 14.6 Å². The van der Waals surface area contributed by atoms with Crippen molar-refractivity contribution >= 4 is 34.9 Å². The number of carbonyl (C=O) groups is 2. The van der Waals surface area contributed by atoms with Gasteiger partial charge in [-0.05, 0) is 37.3 Å². The summed E-state index contributed by atoms with van der Waals surface area (Å²) in [6.07, 6.45) is 1.37. The van der Waals surface area contributed by atoms with Gasteiger partial charge >= 0.3 is 0 Å². The molecule has 0 aliphatic rings. The molecule has 0 unspecified atom stereocenters. The lowest BCUT2D eigenvalue weighted by atomic mass is 10.2. The molecule has 2 N–H and O–H groups in total. The van der Waals surface area contributed by atoms with Crippen molar-refractivity contribution < 1.29 is 18.8 Å². The molecule has 0 aliphatic carbocycles.